The van der Waals surface area contributed by atoms with Gasteiger partial charge in [0.1, 0.15) is 11.6 Å². The molecule has 0 spiro atoms. The molecule has 0 aliphatic heterocycles. The maximum absolute atomic E-state index is 13.3. The topological polar surface area (TPSA) is 21.3 Å². The second-order valence-electron chi connectivity index (χ2n) is 3.98. The Morgan fingerprint density at radius 1 is 1.40 bits per heavy atom. The smallest absolute Gasteiger partial charge is 0.127 e. The molecule has 0 radical (unpaired) electrons. The summed E-state index contributed by atoms with van der Waals surface area (Å²) < 4.78 is 18.4. The Morgan fingerprint density at radius 3 is 2.73 bits per heavy atom. The van der Waals surface area contributed by atoms with Gasteiger partial charge in [0.15, 0.2) is 0 Å². The van der Waals surface area contributed by atoms with Crippen LogP contribution in [0.4, 0.5) is 4.39 Å². The van der Waals surface area contributed by atoms with Gasteiger partial charge in [-0.05, 0) is 30.7 Å². The first-order valence-electron chi connectivity index (χ1n) is 5.16. The fraction of sp³-hybridized carbons (Fsp3) is 0.500. The van der Waals surface area contributed by atoms with Crippen LogP contribution in [0.3, 0.4) is 0 Å². The third-order valence-corrected chi connectivity index (χ3v) is 2.12. The third kappa shape index (κ3) is 3.88. The number of ether oxygens (including phenoxy) is 1. The standard InChI is InChI=1S/C12H18FNO/c1-9(2)7-14-8-10-6-11(15-3)4-5-12(10)13/h4-6,9,14H,7-8H2,1-3H3. The molecule has 0 heterocycles. The van der Waals surface area contributed by atoms with Gasteiger partial charge in [0.2, 0.25) is 0 Å². The van der Waals surface area contributed by atoms with Crippen LogP contribution in [0.1, 0.15) is 19.4 Å². The van der Waals surface area contributed by atoms with E-state index < -0.39 is 0 Å². The Hall–Kier alpha value is -1.09. The minimum absolute atomic E-state index is 0.188. The molecule has 1 N–H and O–H groups in total. The van der Waals surface area contributed by atoms with Crippen molar-refractivity contribution in [1.29, 1.82) is 0 Å². The summed E-state index contributed by atoms with van der Waals surface area (Å²) >= 11 is 0. The quantitative estimate of drug-likeness (QED) is 0.808. The van der Waals surface area contributed by atoms with E-state index in [-0.39, 0.29) is 5.82 Å². The van der Waals surface area contributed by atoms with Gasteiger partial charge >= 0.3 is 0 Å². The Balaban J connectivity index is 2.59. The highest BCUT2D eigenvalue weighted by atomic mass is 19.1. The number of rotatable bonds is 5. The number of benzene rings is 1. The van der Waals surface area contributed by atoms with E-state index in [1.165, 1.54) is 6.07 Å². The Bertz CT molecular complexity index is 312. The molecule has 1 rings (SSSR count). The Labute approximate surface area is 90.4 Å². The summed E-state index contributed by atoms with van der Waals surface area (Å²) in [4.78, 5) is 0. The SMILES string of the molecule is COc1ccc(F)c(CNCC(C)C)c1. The van der Waals surface area contributed by atoms with Gasteiger partial charge in [0.05, 0.1) is 7.11 Å². The van der Waals surface area contributed by atoms with Crippen molar-refractivity contribution < 1.29 is 9.13 Å². The van der Waals surface area contributed by atoms with Crippen LogP contribution in [0, 0.1) is 11.7 Å². The molecular formula is C12H18FNO. The number of nitrogens with one attached hydrogen (secondary N) is 1. The van der Waals surface area contributed by atoms with Crippen molar-refractivity contribution in [2.45, 2.75) is 20.4 Å². The number of methoxy groups -OCH3 is 1. The molecular weight excluding hydrogens is 193 g/mol. The highest BCUT2D eigenvalue weighted by molar-refractivity contribution is 5.29. The molecule has 0 atom stereocenters. The fourth-order valence-corrected chi connectivity index (χ4v) is 1.31. The molecule has 0 amide bonds. The van der Waals surface area contributed by atoms with E-state index in [0.717, 1.165) is 6.54 Å². The van der Waals surface area contributed by atoms with E-state index in [9.17, 15) is 4.39 Å². The lowest BCUT2D eigenvalue weighted by Crippen LogP contribution is -2.19. The molecule has 1 aromatic rings. The summed E-state index contributed by atoms with van der Waals surface area (Å²) in [6.07, 6.45) is 0. The molecule has 0 bridgehead atoms. The largest absolute Gasteiger partial charge is 0.497 e. The van der Waals surface area contributed by atoms with E-state index in [1.807, 2.05) is 0 Å². The van der Waals surface area contributed by atoms with Gasteiger partial charge in [-0.25, -0.2) is 4.39 Å². The molecule has 3 heteroatoms. The molecule has 0 aliphatic rings. The van der Waals surface area contributed by atoms with E-state index in [2.05, 4.69) is 19.2 Å². The first kappa shape index (κ1) is 12.0. The van der Waals surface area contributed by atoms with E-state index >= 15 is 0 Å². The van der Waals surface area contributed by atoms with E-state index in [0.29, 0.717) is 23.8 Å². The lowest BCUT2D eigenvalue weighted by molar-refractivity contribution is 0.412. The monoisotopic (exact) mass is 211 g/mol. The summed E-state index contributed by atoms with van der Waals surface area (Å²) in [6, 6.07) is 4.79. The van der Waals surface area contributed by atoms with Gasteiger partial charge in [-0.1, -0.05) is 13.8 Å². The van der Waals surface area contributed by atoms with Crippen LogP contribution in [0.15, 0.2) is 18.2 Å². The fourth-order valence-electron chi connectivity index (χ4n) is 1.31. The minimum Gasteiger partial charge on any atom is -0.497 e. The average molecular weight is 211 g/mol. The molecule has 0 unspecified atom stereocenters. The van der Waals surface area contributed by atoms with Crippen molar-refractivity contribution in [2.24, 2.45) is 5.92 Å². The number of hydrogen-bond donors (Lipinski definition) is 1. The Morgan fingerprint density at radius 2 is 2.13 bits per heavy atom. The molecule has 0 aromatic heterocycles. The first-order valence-corrected chi connectivity index (χ1v) is 5.16. The molecule has 1 aromatic carbocycles. The van der Waals surface area contributed by atoms with Gasteiger partial charge in [0, 0.05) is 12.1 Å². The lowest BCUT2D eigenvalue weighted by Gasteiger charge is -2.09. The summed E-state index contributed by atoms with van der Waals surface area (Å²) in [5.74, 6) is 1.07. The molecule has 0 aliphatic carbocycles. The molecule has 84 valence electrons. The van der Waals surface area contributed by atoms with Crippen molar-refractivity contribution in [1.82, 2.24) is 5.32 Å². The zero-order chi connectivity index (χ0) is 11.3. The average Bonchev–Trinajstić information content (AvgIpc) is 2.20. The van der Waals surface area contributed by atoms with Crippen molar-refractivity contribution in [3.8, 4) is 5.75 Å². The third-order valence-electron chi connectivity index (χ3n) is 2.12. The first-order chi connectivity index (χ1) is 7.13. The highest BCUT2D eigenvalue weighted by Crippen LogP contribution is 2.16. The maximum atomic E-state index is 13.3. The zero-order valence-electron chi connectivity index (χ0n) is 9.51. The van der Waals surface area contributed by atoms with E-state index in [4.69, 9.17) is 4.74 Å². The van der Waals surface area contributed by atoms with Crippen LogP contribution in [-0.2, 0) is 6.54 Å². The summed E-state index contributed by atoms with van der Waals surface area (Å²) in [6.45, 7) is 5.67. The van der Waals surface area contributed by atoms with Crippen LogP contribution in [0.25, 0.3) is 0 Å². The van der Waals surface area contributed by atoms with Gasteiger partial charge < -0.3 is 10.1 Å². The van der Waals surface area contributed by atoms with Crippen molar-refractivity contribution in [3.05, 3.63) is 29.6 Å². The van der Waals surface area contributed by atoms with Gasteiger partial charge in [-0.3, -0.25) is 0 Å². The summed E-state index contributed by atoms with van der Waals surface area (Å²) in [5, 5.41) is 3.20. The van der Waals surface area contributed by atoms with Gasteiger partial charge in [-0.2, -0.15) is 0 Å². The molecule has 15 heavy (non-hydrogen) atoms. The van der Waals surface area contributed by atoms with Gasteiger partial charge in [0.25, 0.3) is 0 Å². The second-order valence-corrected chi connectivity index (χ2v) is 3.98. The normalized spacial score (nSPS) is 10.7. The van der Waals surface area contributed by atoms with Crippen LogP contribution in [0.5, 0.6) is 5.75 Å². The number of halogens is 1. The molecule has 0 saturated heterocycles. The summed E-state index contributed by atoms with van der Waals surface area (Å²) in [5.41, 5.74) is 0.648. The molecule has 2 nitrogen and oxygen atoms in total. The van der Waals surface area contributed by atoms with Gasteiger partial charge in [-0.15, -0.1) is 0 Å². The number of hydrogen-bond acceptors (Lipinski definition) is 2. The molecule has 0 saturated carbocycles. The van der Waals surface area contributed by atoms with E-state index in [1.54, 1.807) is 19.2 Å². The highest BCUT2D eigenvalue weighted by Gasteiger charge is 2.03. The summed E-state index contributed by atoms with van der Waals surface area (Å²) in [7, 11) is 1.58. The zero-order valence-corrected chi connectivity index (χ0v) is 9.51. The van der Waals surface area contributed by atoms with Crippen molar-refractivity contribution in [2.75, 3.05) is 13.7 Å². The maximum Gasteiger partial charge on any atom is 0.127 e. The Kier molecular flexibility index (Phi) is 4.56. The predicted octanol–water partition coefficient (Wildman–Crippen LogP) is 2.58. The van der Waals surface area contributed by atoms with Crippen LogP contribution >= 0.6 is 0 Å². The lowest BCUT2D eigenvalue weighted by atomic mass is 10.2. The van der Waals surface area contributed by atoms with Crippen LogP contribution < -0.4 is 10.1 Å². The van der Waals surface area contributed by atoms with Crippen molar-refractivity contribution >= 4 is 0 Å². The predicted molar refractivity (Wildman–Crippen MR) is 59.5 cm³/mol. The molecule has 0 fully saturated rings. The van der Waals surface area contributed by atoms with Crippen LogP contribution in [-0.4, -0.2) is 13.7 Å². The van der Waals surface area contributed by atoms with Crippen molar-refractivity contribution in [3.63, 3.8) is 0 Å². The van der Waals surface area contributed by atoms with Crippen LogP contribution in [0.2, 0.25) is 0 Å². The minimum atomic E-state index is -0.188. The second kappa shape index (κ2) is 5.71.